The monoisotopic (exact) mass is 285 g/mol. The van der Waals surface area contributed by atoms with E-state index in [-0.39, 0.29) is 5.41 Å². The minimum atomic E-state index is 0.207. The van der Waals surface area contributed by atoms with E-state index in [2.05, 4.69) is 44.7 Å². The maximum atomic E-state index is 9.87. The van der Waals surface area contributed by atoms with E-state index in [0.29, 0.717) is 17.7 Å². The van der Waals surface area contributed by atoms with Gasteiger partial charge in [0.05, 0.1) is 0 Å². The number of phenols is 1. The molecule has 2 bridgehead atoms. The topological polar surface area (TPSA) is 23.5 Å². The molecule has 1 aromatic rings. The summed E-state index contributed by atoms with van der Waals surface area (Å²) in [5, 5.41) is 9.87. The Labute approximate surface area is 128 Å². The molecule has 0 amide bonds. The van der Waals surface area contributed by atoms with Crippen LogP contribution in [0.3, 0.4) is 0 Å². The van der Waals surface area contributed by atoms with Gasteiger partial charge in [0.2, 0.25) is 0 Å². The molecule has 2 nitrogen and oxygen atoms in total. The molecule has 2 aliphatic rings. The third-order valence-corrected chi connectivity index (χ3v) is 5.84. The maximum absolute atomic E-state index is 9.87. The number of hydrogen-bond acceptors (Lipinski definition) is 2. The number of nitrogens with zero attached hydrogens (tertiary/aromatic N) is 1. The fourth-order valence-corrected chi connectivity index (χ4v) is 4.22. The average Bonchev–Trinajstić information content (AvgIpc) is 2.43. The van der Waals surface area contributed by atoms with E-state index < -0.39 is 0 Å². The number of piperidine rings is 1. The van der Waals surface area contributed by atoms with Gasteiger partial charge in [-0.05, 0) is 67.8 Å². The highest BCUT2D eigenvalue weighted by molar-refractivity contribution is 5.44. The van der Waals surface area contributed by atoms with Crippen molar-refractivity contribution in [1.82, 2.24) is 4.90 Å². The molecule has 0 unspecified atom stereocenters. The number of benzene rings is 1. The molecule has 1 N–H and O–H groups in total. The number of hydrogen-bond donors (Lipinski definition) is 1. The van der Waals surface area contributed by atoms with Gasteiger partial charge in [0.25, 0.3) is 0 Å². The molecule has 114 valence electrons. The Bertz CT molecular complexity index is 573. The highest BCUT2D eigenvalue weighted by Gasteiger charge is 2.48. The second kappa shape index (κ2) is 5.17. The normalized spacial score (nSPS) is 31.6. The van der Waals surface area contributed by atoms with E-state index >= 15 is 0 Å². The second-order valence-electron chi connectivity index (χ2n) is 7.35. The molecule has 0 saturated carbocycles. The third kappa shape index (κ3) is 2.40. The molecule has 0 aromatic heterocycles. The Balaban J connectivity index is 1.96. The lowest BCUT2D eigenvalue weighted by atomic mass is 9.59. The number of rotatable bonds is 2. The molecular formula is C19H27NO. The number of fused-ring (bicyclic) bond motifs is 4. The number of aromatic hydroxyl groups is 1. The second-order valence-corrected chi connectivity index (χ2v) is 7.35. The van der Waals surface area contributed by atoms with Gasteiger partial charge in [0.15, 0.2) is 0 Å². The van der Waals surface area contributed by atoms with Crippen LogP contribution in [0.5, 0.6) is 5.75 Å². The number of likely N-dealkylation sites (tertiary alicyclic amines) is 1. The maximum Gasteiger partial charge on any atom is 0.115 e. The lowest BCUT2D eigenvalue weighted by Crippen LogP contribution is -2.57. The van der Waals surface area contributed by atoms with Crippen LogP contribution in [0.25, 0.3) is 0 Å². The summed E-state index contributed by atoms with van der Waals surface area (Å²) in [6.07, 6.45) is 4.64. The summed E-state index contributed by atoms with van der Waals surface area (Å²) in [6, 6.07) is 6.60. The molecule has 1 fully saturated rings. The molecule has 3 atom stereocenters. The molecular weight excluding hydrogens is 258 g/mol. The van der Waals surface area contributed by atoms with Gasteiger partial charge in [-0.25, -0.2) is 0 Å². The van der Waals surface area contributed by atoms with Crippen LogP contribution < -0.4 is 0 Å². The quantitative estimate of drug-likeness (QED) is 0.834. The van der Waals surface area contributed by atoms with Crippen molar-refractivity contribution < 1.29 is 5.11 Å². The van der Waals surface area contributed by atoms with Gasteiger partial charge in [0.1, 0.15) is 5.75 Å². The van der Waals surface area contributed by atoms with Crippen molar-refractivity contribution in [3.8, 4) is 5.75 Å². The van der Waals surface area contributed by atoms with Crippen LogP contribution in [0.1, 0.15) is 45.2 Å². The fraction of sp³-hybridized carbons (Fsp3) is 0.579. The van der Waals surface area contributed by atoms with Crippen molar-refractivity contribution in [1.29, 1.82) is 0 Å². The van der Waals surface area contributed by atoms with Crippen LogP contribution in [0, 0.1) is 5.92 Å². The molecule has 1 aliphatic carbocycles. The summed E-state index contributed by atoms with van der Waals surface area (Å²) in [7, 11) is 0. The van der Waals surface area contributed by atoms with Gasteiger partial charge in [-0.15, -0.1) is 0 Å². The third-order valence-electron chi connectivity index (χ3n) is 5.84. The summed E-state index contributed by atoms with van der Waals surface area (Å²) in [5.41, 5.74) is 4.42. The first kappa shape index (κ1) is 14.6. The average molecular weight is 285 g/mol. The minimum absolute atomic E-state index is 0.207. The van der Waals surface area contributed by atoms with Crippen LogP contribution in [0.2, 0.25) is 0 Å². The molecule has 21 heavy (non-hydrogen) atoms. The van der Waals surface area contributed by atoms with Crippen LogP contribution in [-0.2, 0) is 11.8 Å². The largest absolute Gasteiger partial charge is 0.508 e. The van der Waals surface area contributed by atoms with E-state index in [1.54, 1.807) is 0 Å². The Hall–Kier alpha value is -1.28. The van der Waals surface area contributed by atoms with Crippen molar-refractivity contribution in [3.63, 3.8) is 0 Å². The van der Waals surface area contributed by atoms with E-state index in [1.807, 2.05) is 12.1 Å². The van der Waals surface area contributed by atoms with Crippen molar-refractivity contribution in [3.05, 3.63) is 41.0 Å². The first-order valence-corrected chi connectivity index (χ1v) is 8.11. The standard InChI is InChI=1S/C19H27NO/c1-13(2)7-9-20-10-8-19(4)14(3)18(20)11-15-5-6-16(21)12-17(15)19/h5-7,12,14,18,21H,8-11H2,1-4H3/t14-,18+,19-/m0/s1. The highest BCUT2D eigenvalue weighted by atomic mass is 16.3. The van der Waals surface area contributed by atoms with Gasteiger partial charge < -0.3 is 5.11 Å². The van der Waals surface area contributed by atoms with Crippen molar-refractivity contribution in [2.45, 2.75) is 52.0 Å². The SMILES string of the molecule is CC(C)=CCN1CC[C@]2(C)c3cc(O)ccc3C[C@@H]1[C@@H]2C. The Kier molecular flexibility index (Phi) is 3.61. The molecule has 3 rings (SSSR count). The zero-order valence-electron chi connectivity index (χ0n) is 13.7. The summed E-state index contributed by atoms with van der Waals surface area (Å²) in [4.78, 5) is 2.65. The Morgan fingerprint density at radius 2 is 2.19 bits per heavy atom. The van der Waals surface area contributed by atoms with Gasteiger partial charge in [0, 0.05) is 12.6 Å². The Morgan fingerprint density at radius 1 is 1.43 bits per heavy atom. The molecule has 1 heterocycles. The predicted molar refractivity (Wildman–Crippen MR) is 87.7 cm³/mol. The zero-order chi connectivity index (χ0) is 15.2. The van der Waals surface area contributed by atoms with Crippen LogP contribution in [-0.4, -0.2) is 29.1 Å². The highest BCUT2D eigenvalue weighted by Crippen LogP contribution is 2.49. The van der Waals surface area contributed by atoms with E-state index in [1.165, 1.54) is 23.1 Å². The van der Waals surface area contributed by atoms with Crippen LogP contribution in [0.15, 0.2) is 29.8 Å². The number of allylic oxidation sites excluding steroid dienone is 1. The summed E-state index contributed by atoms with van der Waals surface area (Å²) in [6.45, 7) is 11.4. The molecule has 1 saturated heterocycles. The summed E-state index contributed by atoms with van der Waals surface area (Å²) < 4.78 is 0. The van der Waals surface area contributed by atoms with Gasteiger partial charge in [-0.2, -0.15) is 0 Å². The van der Waals surface area contributed by atoms with E-state index in [0.717, 1.165) is 19.5 Å². The van der Waals surface area contributed by atoms with Crippen LogP contribution in [0.4, 0.5) is 0 Å². The van der Waals surface area contributed by atoms with Crippen molar-refractivity contribution >= 4 is 0 Å². The van der Waals surface area contributed by atoms with Gasteiger partial charge in [-0.1, -0.05) is 31.6 Å². The summed E-state index contributed by atoms with van der Waals surface area (Å²) >= 11 is 0. The first-order valence-electron chi connectivity index (χ1n) is 8.11. The zero-order valence-corrected chi connectivity index (χ0v) is 13.7. The van der Waals surface area contributed by atoms with Crippen molar-refractivity contribution in [2.24, 2.45) is 5.92 Å². The minimum Gasteiger partial charge on any atom is -0.508 e. The van der Waals surface area contributed by atoms with Gasteiger partial charge >= 0.3 is 0 Å². The van der Waals surface area contributed by atoms with Gasteiger partial charge in [-0.3, -0.25) is 4.90 Å². The molecule has 1 aromatic carbocycles. The molecule has 0 spiro atoms. The predicted octanol–water partition coefficient (Wildman–Crippen LogP) is 3.88. The molecule has 2 heteroatoms. The first-order chi connectivity index (χ1) is 9.91. The Morgan fingerprint density at radius 3 is 2.90 bits per heavy atom. The van der Waals surface area contributed by atoms with E-state index in [4.69, 9.17) is 0 Å². The fourth-order valence-electron chi connectivity index (χ4n) is 4.22. The van der Waals surface area contributed by atoms with Crippen LogP contribution >= 0.6 is 0 Å². The van der Waals surface area contributed by atoms with Crippen molar-refractivity contribution in [2.75, 3.05) is 13.1 Å². The number of phenolic OH excluding ortho intramolecular Hbond substituents is 1. The summed E-state index contributed by atoms with van der Waals surface area (Å²) in [5.74, 6) is 1.04. The molecule has 0 radical (unpaired) electrons. The van der Waals surface area contributed by atoms with E-state index in [9.17, 15) is 5.11 Å². The lowest BCUT2D eigenvalue weighted by molar-refractivity contribution is 0.0397. The molecule has 1 aliphatic heterocycles. The smallest absolute Gasteiger partial charge is 0.115 e. The lowest BCUT2D eigenvalue weighted by Gasteiger charge is -2.54.